The van der Waals surface area contributed by atoms with Crippen molar-refractivity contribution < 1.29 is 0 Å². The van der Waals surface area contributed by atoms with E-state index in [4.69, 9.17) is 9.97 Å². The SMILES string of the molecule is Cc1ncccc1-c1cccc(-c2cc(-c3nc(-c4ccccc4)cc(-c4ccccc4)n3)cc(-c3c4ccccc4cc4ccccc34)c2)c1. The molecule has 0 saturated carbocycles. The van der Waals surface area contributed by atoms with Gasteiger partial charge in [-0.2, -0.15) is 0 Å². The average molecular weight is 652 g/mol. The molecule has 0 bridgehead atoms. The number of nitrogens with zero attached hydrogens (tertiary/aromatic N) is 3. The van der Waals surface area contributed by atoms with Crippen LogP contribution in [0.3, 0.4) is 0 Å². The van der Waals surface area contributed by atoms with E-state index in [1.54, 1.807) is 0 Å². The summed E-state index contributed by atoms with van der Waals surface area (Å²) in [4.78, 5) is 15.1. The van der Waals surface area contributed by atoms with Crippen molar-refractivity contribution in [1.82, 2.24) is 15.0 Å². The van der Waals surface area contributed by atoms with E-state index in [9.17, 15) is 0 Å². The van der Waals surface area contributed by atoms with Crippen LogP contribution in [-0.2, 0) is 0 Å². The van der Waals surface area contributed by atoms with Gasteiger partial charge in [0.15, 0.2) is 5.82 Å². The first kappa shape index (κ1) is 30.4. The minimum Gasteiger partial charge on any atom is -0.261 e. The van der Waals surface area contributed by atoms with E-state index < -0.39 is 0 Å². The predicted molar refractivity (Wildman–Crippen MR) is 212 cm³/mol. The van der Waals surface area contributed by atoms with Crippen molar-refractivity contribution >= 4 is 21.5 Å². The summed E-state index contributed by atoms with van der Waals surface area (Å²) >= 11 is 0. The lowest BCUT2D eigenvalue weighted by molar-refractivity contribution is 1.18. The zero-order valence-corrected chi connectivity index (χ0v) is 28.2. The summed E-state index contributed by atoms with van der Waals surface area (Å²) in [5.41, 5.74) is 12.6. The Morgan fingerprint density at radius 3 is 1.55 bits per heavy atom. The summed E-state index contributed by atoms with van der Waals surface area (Å²) in [6.07, 6.45) is 1.85. The van der Waals surface area contributed by atoms with E-state index in [0.717, 1.165) is 61.6 Å². The highest BCUT2D eigenvalue weighted by Gasteiger charge is 2.17. The Morgan fingerprint density at radius 2 is 0.902 bits per heavy atom. The van der Waals surface area contributed by atoms with Gasteiger partial charge in [-0.05, 0) is 98.8 Å². The van der Waals surface area contributed by atoms with Crippen LogP contribution in [0.5, 0.6) is 0 Å². The van der Waals surface area contributed by atoms with E-state index >= 15 is 0 Å². The fourth-order valence-corrected chi connectivity index (χ4v) is 7.14. The van der Waals surface area contributed by atoms with E-state index in [1.807, 2.05) is 24.4 Å². The van der Waals surface area contributed by atoms with Gasteiger partial charge in [0.25, 0.3) is 0 Å². The minimum atomic E-state index is 0.683. The lowest BCUT2D eigenvalue weighted by atomic mass is 9.88. The molecule has 240 valence electrons. The summed E-state index contributed by atoms with van der Waals surface area (Å²) in [6.45, 7) is 2.06. The molecule has 0 atom stereocenters. The second-order valence-electron chi connectivity index (χ2n) is 12.9. The molecule has 7 aromatic carbocycles. The number of pyridine rings is 1. The maximum absolute atomic E-state index is 5.25. The van der Waals surface area contributed by atoms with E-state index in [2.05, 4.69) is 170 Å². The quantitative estimate of drug-likeness (QED) is 0.168. The Labute approximate surface area is 297 Å². The molecule has 0 aliphatic rings. The van der Waals surface area contributed by atoms with Crippen molar-refractivity contribution in [1.29, 1.82) is 0 Å². The van der Waals surface area contributed by atoms with Crippen LogP contribution in [-0.4, -0.2) is 15.0 Å². The van der Waals surface area contributed by atoms with Crippen LogP contribution < -0.4 is 0 Å². The normalized spacial score (nSPS) is 11.2. The number of benzene rings is 7. The van der Waals surface area contributed by atoms with Crippen LogP contribution in [0.15, 0.2) is 182 Å². The Kier molecular flexibility index (Phi) is 7.71. The molecule has 0 spiro atoms. The molecule has 3 heteroatoms. The zero-order valence-electron chi connectivity index (χ0n) is 28.2. The number of hydrogen-bond donors (Lipinski definition) is 0. The molecule has 0 aliphatic carbocycles. The molecule has 2 aromatic heterocycles. The van der Waals surface area contributed by atoms with Gasteiger partial charge in [0.1, 0.15) is 0 Å². The second-order valence-corrected chi connectivity index (χ2v) is 12.9. The number of aromatic nitrogens is 3. The average Bonchev–Trinajstić information content (AvgIpc) is 3.20. The Hall–Kier alpha value is -6.71. The number of hydrogen-bond acceptors (Lipinski definition) is 3. The summed E-state index contributed by atoms with van der Waals surface area (Å²) in [6, 6.07) is 62.2. The van der Waals surface area contributed by atoms with E-state index in [0.29, 0.717) is 5.82 Å². The lowest BCUT2D eigenvalue weighted by Crippen LogP contribution is -1.97. The summed E-state index contributed by atoms with van der Waals surface area (Å²) in [5.74, 6) is 0.683. The predicted octanol–water partition coefficient (Wildman–Crippen LogP) is 12.5. The van der Waals surface area contributed by atoms with Crippen molar-refractivity contribution in [2.45, 2.75) is 6.92 Å². The van der Waals surface area contributed by atoms with Gasteiger partial charge in [0.05, 0.1) is 11.4 Å². The first-order valence-corrected chi connectivity index (χ1v) is 17.3. The third-order valence-corrected chi connectivity index (χ3v) is 9.63. The standard InChI is InChI=1S/C48H33N3/c1-32-42(24-13-25-49-32)36-21-12-20-35(26-36)39-28-40(47-43-22-10-8-18-37(43)27-38-19-9-11-23-44(38)47)30-41(29-39)48-50-45(33-14-4-2-5-15-33)31-46(51-48)34-16-6-3-7-17-34/h2-31H,1H3. The number of aryl methyl sites for hydroxylation is 1. The monoisotopic (exact) mass is 651 g/mol. The summed E-state index contributed by atoms with van der Waals surface area (Å²) in [7, 11) is 0. The van der Waals surface area contributed by atoms with Gasteiger partial charge >= 0.3 is 0 Å². The van der Waals surface area contributed by atoms with Crippen LogP contribution in [0, 0.1) is 6.92 Å². The first-order chi connectivity index (χ1) is 25.2. The first-order valence-electron chi connectivity index (χ1n) is 17.3. The maximum atomic E-state index is 5.25. The van der Waals surface area contributed by atoms with Crippen molar-refractivity contribution in [3.05, 3.63) is 188 Å². The lowest BCUT2D eigenvalue weighted by Gasteiger charge is -2.16. The molecule has 0 aliphatic heterocycles. The van der Waals surface area contributed by atoms with Gasteiger partial charge in [0, 0.05) is 34.1 Å². The molecule has 0 unspecified atom stereocenters. The molecule has 2 heterocycles. The molecular formula is C48H33N3. The Balaban J connectivity index is 1.33. The molecule has 0 N–H and O–H groups in total. The van der Waals surface area contributed by atoms with Crippen molar-refractivity contribution in [2.24, 2.45) is 0 Å². The Morgan fingerprint density at radius 1 is 0.373 bits per heavy atom. The minimum absolute atomic E-state index is 0.683. The summed E-state index contributed by atoms with van der Waals surface area (Å²) < 4.78 is 0. The molecule has 0 fully saturated rings. The zero-order chi connectivity index (χ0) is 34.1. The van der Waals surface area contributed by atoms with Gasteiger partial charge in [-0.3, -0.25) is 4.98 Å². The van der Waals surface area contributed by atoms with Crippen molar-refractivity contribution in [3.8, 4) is 67.3 Å². The van der Waals surface area contributed by atoms with Gasteiger partial charge < -0.3 is 0 Å². The van der Waals surface area contributed by atoms with Gasteiger partial charge in [-0.25, -0.2) is 9.97 Å². The molecule has 0 saturated heterocycles. The van der Waals surface area contributed by atoms with Crippen LogP contribution in [0.4, 0.5) is 0 Å². The highest BCUT2D eigenvalue weighted by molar-refractivity contribution is 6.13. The van der Waals surface area contributed by atoms with Crippen LogP contribution in [0.1, 0.15) is 5.69 Å². The third kappa shape index (κ3) is 5.85. The highest BCUT2D eigenvalue weighted by Crippen LogP contribution is 2.41. The second kappa shape index (κ2) is 13.0. The summed E-state index contributed by atoms with van der Waals surface area (Å²) in [5, 5.41) is 4.84. The topological polar surface area (TPSA) is 38.7 Å². The van der Waals surface area contributed by atoms with E-state index in [-0.39, 0.29) is 0 Å². The number of rotatable bonds is 6. The molecule has 3 nitrogen and oxygen atoms in total. The van der Waals surface area contributed by atoms with E-state index in [1.165, 1.54) is 27.1 Å². The van der Waals surface area contributed by atoms with Gasteiger partial charge in [0.2, 0.25) is 0 Å². The highest BCUT2D eigenvalue weighted by atomic mass is 14.9. The van der Waals surface area contributed by atoms with Crippen molar-refractivity contribution in [2.75, 3.05) is 0 Å². The number of fused-ring (bicyclic) bond motifs is 2. The fraction of sp³-hybridized carbons (Fsp3) is 0.0208. The van der Waals surface area contributed by atoms with Crippen LogP contribution >= 0.6 is 0 Å². The Bertz CT molecular complexity index is 2590. The third-order valence-electron chi connectivity index (χ3n) is 9.63. The van der Waals surface area contributed by atoms with Gasteiger partial charge in [-0.15, -0.1) is 0 Å². The smallest absolute Gasteiger partial charge is 0.160 e. The van der Waals surface area contributed by atoms with Crippen molar-refractivity contribution in [3.63, 3.8) is 0 Å². The van der Waals surface area contributed by atoms with Gasteiger partial charge in [-0.1, -0.05) is 133 Å². The molecule has 0 amide bonds. The maximum Gasteiger partial charge on any atom is 0.160 e. The molecule has 9 aromatic rings. The largest absolute Gasteiger partial charge is 0.261 e. The molecule has 51 heavy (non-hydrogen) atoms. The molecule has 0 radical (unpaired) electrons. The van der Waals surface area contributed by atoms with Crippen LogP contribution in [0.25, 0.3) is 88.8 Å². The fourth-order valence-electron chi connectivity index (χ4n) is 7.14. The molecular weight excluding hydrogens is 619 g/mol. The van der Waals surface area contributed by atoms with Crippen LogP contribution in [0.2, 0.25) is 0 Å². The molecule has 9 rings (SSSR count).